The number of nitrogens with zero attached hydrogens (tertiary/aromatic N) is 1. The summed E-state index contributed by atoms with van der Waals surface area (Å²) in [5, 5.41) is 6.51. The SMILES string of the molecule is O=C(Nc1ccc(Cl)cc1)C(=O)Nc1cccc2cccnc12. The van der Waals surface area contributed by atoms with E-state index in [0.717, 1.165) is 5.39 Å². The first-order valence-electron chi connectivity index (χ1n) is 6.85. The summed E-state index contributed by atoms with van der Waals surface area (Å²) in [7, 11) is 0. The van der Waals surface area contributed by atoms with E-state index < -0.39 is 11.8 Å². The van der Waals surface area contributed by atoms with Crippen molar-refractivity contribution in [2.24, 2.45) is 0 Å². The molecule has 0 bridgehead atoms. The number of carbonyl (C=O) groups excluding carboxylic acids is 2. The molecule has 0 saturated carbocycles. The Morgan fingerprint density at radius 2 is 1.57 bits per heavy atom. The highest BCUT2D eigenvalue weighted by Gasteiger charge is 2.15. The van der Waals surface area contributed by atoms with E-state index in [-0.39, 0.29) is 0 Å². The van der Waals surface area contributed by atoms with Crippen LogP contribution in [-0.2, 0) is 9.59 Å². The van der Waals surface area contributed by atoms with E-state index in [1.807, 2.05) is 12.1 Å². The summed E-state index contributed by atoms with van der Waals surface area (Å²) in [5.41, 5.74) is 1.60. The van der Waals surface area contributed by atoms with Crippen LogP contribution in [0, 0.1) is 0 Å². The van der Waals surface area contributed by atoms with Crippen molar-refractivity contribution in [1.29, 1.82) is 0 Å². The smallest absolute Gasteiger partial charge is 0.314 e. The van der Waals surface area contributed by atoms with Gasteiger partial charge in [0.15, 0.2) is 0 Å². The monoisotopic (exact) mass is 325 g/mol. The molecular formula is C17H12ClN3O2. The van der Waals surface area contributed by atoms with Gasteiger partial charge < -0.3 is 10.6 Å². The number of hydrogen-bond donors (Lipinski definition) is 2. The highest BCUT2D eigenvalue weighted by molar-refractivity contribution is 6.44. The van der Waals surface area contributed by atoms with Gasteiger partial charge in [0.05, 0.1) is 11.2 Å². The lowest BCUT2D eigenvalue weighted by molar-refractivity contribution is -0.132. The maximum absolute atomic E-state index is 12.1. The van der Waals surface area contributed by atoms with Crippen LogP contribution in [0.4, 0.5) is 11.4 Å². The number of benzene rings is 2. The molecule has 0 aliphatic carbocycles. The van der Waals surface area contributed by atoms with Crippen LogP contribution in [0.2, 0.25) is 5.02 Å². The standard InChI is InChI=1S/C17H12ClN3O2/c18-12-6-8-13(9-7-12)20-16(22)17(23)21-14-5-1-3-11-4-2-10-19-15(11)14/h1-10H,(H,20,22)(H,21,23). The van der Waals surface area contributed by atoms with Crippen molar-refractivity contribution in [2.75, 3.05) is 10.6 Å². The number of carbonyl (C=O) groups is 2. The number of fused-ring (bicyclic) bond motifs is 1. The molecule has 6 heteroatoms. The van der Waals surface area contributed by atoms with Crippen molar-refractivity contribution >= 4 is 45.7 Å². The van der Waals surface area contributed by atoms with Gasteiger partial charge in [0, 0.05) is 22.3 Å². The molecular weight excluding hydrogens is 314 g/mol. The zero-order chi connectivity index (χ0) is 16.2. The zero-order valence-corrected chi connectivity index (χ0v) is 12.7. The highest BCUT2D eigenvalue weighted by atomic mass is 35.5. The average molecular weight is 326 g/mol. The van der Waals surface area contributed by atoms with Crippen LogP contribution < -0.4 is 10.6 Å². The van der Waals surface area contributed by atoms with Crippen LogP contribution in [0.5, 0.6) is 0 Å². The Bertz CT molecular complexity index is 873. The first kappa shape index (κ1) is 15.0. The Morgan fingerprint density at radius 1 is 0.870 bits per heavy atom. The first-order chi connectivity index (χ1) is 11.1. The van der Waals surface area contributed by atoms with Gasteiger partial charge >= 0.3 is 11.8 Å². The number of aromatic nitrogens is 1. The Labute approximate surface area is 137 Å². The summed E-state index contributed by atoms with van der Waals surface area (Å²) in [4.78, 5) is 28.2. The predicted molar refractivity (Wildman–Crippen MR) is 90.5 cm³/mol. The van der Waals surface area contributed by atoms with E-state index in [4.69, 9.17) is 11.6 Å². The molecule has 0 aliphatic heterocycles. The normalized spacial score (nSPS) is 10.3. The summed E-state index contributed by atoms with van der Waals surface area (Å²) in [6.07, 6.45) is 1.63. The molecule has 0 aliphatic rings. The van der Waals surface area contributed by atoms with E-state index in [1.54, 1.807) is 48.7 Å². The van der Waals surface area contributed by atoms with Gasteiger partial charge in [-0.1, -0.05) is 29.8 Å². The largest absolute Gasteiger partial charge is 0.318 e. The maximum Gasteiger partial charge on any atom is 0.314 e. The van der Waals surface area contributed by atoms with Gasteiger partial charge in [0.2, 0.25) is 0 Å². The fourth-order valence-corrected chi connectivity index (χ4v) is 2.23. The van der Waals surface area contributed by atoms with Gasteiger partial charge in [-0.2, -0.15) is 0 Å². The molecule has 2 aromatic carbocycles. The van der Waals surface area contributed by atoms with E-state index in [2.05, 4.69) is 15.6 Å². The molecule has 2 N–H and O–H groups in total. The lowest BCUT2D eigenvalue weighted by atomic mass is 10.2. The third-order valence-electron chi connectivity index (χ3n) is 3.19. The predicted octanol–water partition coefficient (Wildman–Crippen LogP) is 3.47. The van der Waals surface area contributed by atoms with Gasteiger partial charge in [-0.3, -0.25) is 14.6 Å². The molecule has 1 heterocycles. The van der Waals surface area contributed by atoms with Crippen molar-refractivity contribution < 1.29 is 9.59 Å². The van der Waals surface area contributed by atoms with Crippen LogP contribution in [0.1, 0.15) is 0 Å². The van der Waals surface area contributed by atoms with Crippen LogP contribution in [0.15, 0.2) is 60.8 Å². The molecule has 0 fully saturated rings. The Kier molecular flexibility index (Phi) is 4.21. The number of hydrogen-bond acceptors (Lipinski definition) is 3. The van der Waals surface area contributed by atoms with Crippen LogP contribution in [0.3, 0.4) is 0 Å². The minimum atomic E-state index is -0.766. The second-order valence-corrected chi connectivity index (χ2v) is 5.23. The number of rotatable bonds is 2. The summed E-state index contributed by atoms with van der Waals surface area (Å²) < 4.78 is 0. The number of anilines is 2. The molecule has 3 rings (SSSR count). The zero-order valence-electron chi connectivity index (χ0n) is 11.9. The average Bonchev–Trinajstić information content (AvgIpc) is 2.57. The van der Waals surface area contributed by atoms with Crippen molar-refractivity contribution in [3.05, 3.63) is 65.8 Å². The van der Waals surface area contributed by atoms with Crippen LogP contribution in [-0.4, -0.2) is 16.8 Å². The number of para-hydroxylation sites is 1. The minimum Gasteiger partial charge on any atom is -0.318 e. The second-order valence-electron chi connectivity index (χ2n) is 4.80. The Balaban J connectivity index is 1.75. The van der Waals surface area contributed by atoms with E-state index >= 15 is 0 Å². The number of pyridine rings is 1. The van der Waals surface area contributed by atoms with Gasteiger partial charge in [0.1, 0.15) is 0 Å². The van der Waals surface area contributed by atoms with Crippen molar-refractivity contribution in [1.82, 2.24) is 4.98 Å². The fourth-order valence-electron chi connectivity index (χ4n) is 2.11. The Morgan fingerprint density at radius 3 is 2.35 bits per heavy atom. The minimum absolute atomic E-state index is 0.486. The maximum atomic E-state index is 12.1. The summed E-state index contributed by atoms with van der Waals surface area (Å²) >= 11 is 5.77. The lowest BCUT2D eigenvalue weighted by Crippen LogP contribution is -2.29. The van der Waals surface area contributed by atoms with E-state index in [1.165, 1.54) is 0 Å². The molecule has 0 unspecified atom stereocenters. The van der Waals surface area contributed by atoms with E-state index in [0.29, 0.717) is 21.9 Å². The number of halogens is 1. The molecule has 2 amide bonds. The third kappa shape index (κ3) is 3.46. The molecule has 0 saturated heterocycles. The molecule has 114 valence electrons. The summed E-state index contributed by atoms with van der Waals surface area (Å²) in [6.45, 7) is 0. The number of amides is 2. The van der Waals surface area contributed by atoms with Gasteiger partial charge in [-0.05, 0) is 36.4 Å². The molecule has 23 heavy (non-hydrogen) atoms. The quantitative estimate of drug-likeness (QED) is 0.709. The van der Waals surface area contributed by atoms with Gasteiger partial charge in [-0.25, -0.2) is 0 Å². The van der Waals surface area contributed by atoms with Crippen molar-refractivity contribution in [3.8, 4) is 0 Å². The second kappa shape index (κ2) is 6.46. The third-order valence-corrected chi connectivity index (χ3v) is 3.44. The molecule has 0 atom stereocenters. The van der Waals surface area contributed by atoms with Crippen LogP contribution in [0.25, 0.3) is 10.9 Å². The topological polar surface area (TPSA) is 71.1 Å². The molecule has 0 spiro atoms. The lowest BCUT2D eigenvalue weighted by Gasteiger charge is -2.08. The summed E-state index contributed by atoms with van der Waals surface area (Å²) in [5.74, 6) is -1.53. The fraction of sp³-hybridized carbons (Fsp3) is 0. The molecule has 0 radical (unpaired) electrons. The van der Waals surface area contributed by atoms with Gasteiger partial charge in [-0.15, -0.1) is 0 Å². The Hall–Kier alpha value is -2.92. The highest BCUT2D eigenvalue weighted by Crippen LogP contribution is 2.20. The van der Waals surface area contributed by atoms with Gasteiger partial charge in [0.25, 0.3) is 0 Å². The van der Waals surface area contributed by atoms with E-state index in [9.17, 15) is 9.59 Å². The van der Waals surface area contributed by atoms with Crippen molar-refractivity contribution in [3.63, 3.8) is 0 Å². The summed E-state index contributed by atoms with van der Waals surface area (Å²) in [6, 6.07) is 15.5. The molecule has 5 nitrogen and oxygen atoms in total. The van der Waals surface area contributed by atoms with Crippen molar-refractivity contribution in [2.45, 2.75) is 0 Å². The molecule has 3 aromatic rings. The first-order valence-corrected chi connectivity index (χ1v) is 7.23. The molecule has 1 aromatic heterocycles. The van der Waals surface area contributed by atoms with Crippen LogP contribution >= 0.6 is 11.6 Å². The number of nitrogens with one attached hydrogen (secondary N) is 2.